The van der Waals surface area contributed by atoms with Crippen molar-refractivity contribution in [3.8, 4) is 0 Å². The molecule has 0 aromatic heterocycles. The van der Waals surface area contributed by atoms with E-state index in [4.69, 9.17) is 0 Å². The van der Waals surface area contributed by atoms with Gasteiger partial charge in [-0.1, -0.05) is 6.07 Å². The lowest BCUT2D eigenvalue weighted by molar-refractivity contribution is -0.138. The third-order valence-electron chi connectivity index (χ3n) is 2.89. The highest BCUT2D eigenvalue weighted by Crippen LogP contribution is 2.32. The van der Waals surface area contributed by atoms with E-state index in [1.54, 1.807) is 6.92 Å². The monoisotopic (exact) mass is 497 g/mol. The van der Waals surface area contributed by atoms with E-state index in [-0.39, 0.29) is 54.3 Å². The van der Waals surface area contributed by atoms with Gasteiger partial charge in [0.1, 0.15) is 15.7 Å². The lowest BCUT2D eigenvalue weighted by Gasteiger charge is -2.13. The Labute approximate surface area is 161 Å². The zero-order valence-electron chi connectivity index (χ0n) is 13.7. The van der Waals surface area contributed by atoms with Gasteiger partial charge in [0.05, 0.1) is 17.9 Å². The topological polar surface area (TPSA) is 70.6 Å². The van der Waals surface area contributed by atoms with Crippen molar-refractivity contribution in [2.24, 2.45) is 4.99 Å². The van der Waals surface area contributed by atoms with E-state index in [0.717, 1.165) is 18.4 Å². The second kappa shape index (κ2) is 10.1. The summed E-state index contributed by atoms with van der Waals surface area (Å²) < 4.78 is 74.0. The van der Waals surface area contributed by atoms with Crippen molar-refractivity contribution in [2.75, 3.05) is 25.1 Å². The number of benzene rings is 1. The van der Waals surface area contributed by atoms with Crippen LogP contribution in [0.2, 0.25) is 0 Å². The molecule has 1 aromatic rings. The molecular weight excluding hydrogens is 477 g/mol. The molecule has 0 heterocycles. The average molecular weight is 497 g/mol. The number of guanidine groups is 1. The van der Waals surface area contributed by atoms with Gasteiger partial charge < -0.3 is 10.6 Å². The molecule has 0 spiro atoms. The molecular formula is C14H20F4IN3O2S. The fraction of sp³-hybridized carbons (Fsp3) is 0.500. The maximum absolute atomic E-state index is 13.1. The molecule has 1 aromatic carbocycles. The van der Waals surface area contributed by atoms with Crippen molar-refractivity contribution in [2.45, 2.75) is 19.6 Å². The lowest BCUT2D eigenvalue weighted by Crippen LogP contribution is -2.39. The molecule has 1 rings (SSSR count). The van der Waals surface area contributed by atoms with Crippen LogP contribution in [0.3, 0.4) is 0 Å². The zero-order chi connectivity index (χ0) is 18.4. The smallest absolute Gasteiger partial charge is 0.357 e. The molecule has 2 N–H and O–H groups in total. The number of hydrogen-bond donors (Lipinski definition) is 2. The molecule has 0 unspecified atom stereocenters. The minimum Gasteiger partial charge on any atom is -0.357 e. The normalized spacial score (nSPS) is 12.5. The molecule has 5 nitrogen and oxygen atoms in total. The average Bonchev–Trinajstić information content (AvgIpc) is 2.43. The van der Waals surface area contributed by atoms with E-state index in [1.165, 1.54) is 0 Å². The van der Waals surface area contributed by atoms with E-state index < -0.39 is 27.4 Å². The fourth-order valence-corrected chi connectivity index (χ4v) is 2.28. The number of hydrogen-bond acceptors (Lipinski definition) is 3. The Morgan fingerprint density at radius 3 is 2.40 bits per heavy atom. The van der Waals surface area contributed by atoms with E-state index in [2.05, 4.69) is 15.6 Å². The van der Waals surface area contributed by atoms with Crippen LogP contribution in [0.15, 0.2) is 23.2 Å². The number of halogens is 5. The summed E-state index contributed by atoms with van der Waals surface area (Å²) in [5.41, 5.74) is -1.26. The summed E-state index contributed by atoms with van der Waals surface area (Å²) in [7, 11) is -3.17. The van der Waals surface area contributed by atoms with Gasteiger partial charge in [0.2, 0.25) is 0 Å². The maximum atomic E-state index is 13.1. The van der Waals surface area contributed by atoms with Crippen LogP contribution in [0, 0.1) is 5.82 Å². The van der Waals surface area contributed by atoms with Crippen molar-refractivity contribution in [3.05, 3.63) is 35.1 Å². The Morgan fingerprint density at radius 2 is 1.88 bits per heavy atom. The van der Waals surface area contributed by atoms with Gasteiger partial charge in [0.25, 0.3) is 0 Å². The minimum absolute atomic E-state index is 0. The van der Waals surface area contributed by atoms with Crippen LogP contribution >= 0.6 is 24.0 Å². The molecule has 0 aliphatic carbocycles. The standard InChI is InChI=1S/C14H19F4N3O2S.HI/c1-3-19-13(20-6-7-24(2,22)23)21-9-10-4-5-11(15)8-12(10)14(16,17)18;/h4-5,8H,3,6-7,9H2,1-2H3,(H2,19,20,21);1H. The number of alkyl halides is 3. The molecule has 0 fully saturated rings. The summed E-state index contributed by atoms with van der Waals surface area (Å²) in [5, 5.41) is 5.52. The molecule has 0 aliphatic rings. The lowest BCUT2D eigenvalue weighted by atomic mass is 10.1. The predicted octanol–water partition coefficient (Wildman–Crippen LogP) is 2.56. The van der Waals surface area contributed by atoms with E-state index in [0.29, 0.717) is 12.6 Å². The van der Waals surface area contributed by atoms with Gasteiger partial charge in [0, 0.05) is 19.3 Å². The number of nitrogens with zero attached hydrogens (tertiary/aromatic N) is 1. The van der Waals surface area contributed by atoms with Crippen LogP contribution in [-0.2, 0) is 22.6 Å². The Balaban J connectivity index is 0.00000576. The van der Waals surface area contributed by atoms with E-state index in [9.17, 15) is 26.0 Å². The van der Waals surface area contributed by atoms with Gasteiger partial charge >= 0.3 is 6.18 Å². The quantitative estimate of drug-likeness (QED) is 0.275. The number of rotatable bonds is 6. The number of nitrogens with one attached hydrogen (secondary N) is 2. The zero-order valence-corrected chi connectivity index (χ0v) is 16.8. The molecule has 0 atom stereocenters. The van der Waals surface area contributed by atoms with Crippen molar-refractivity contribution >= 4 is 39.8 Å². The van der Waals surface area contributed by atoms with Gasteiger partial charge in [-0.3, -0.25) is 0 Å². The summed E-state index contributed by atoms with van der Waals surface area (Å²) in [5.74, 6) is -0.936. The predicted molar refractivity (Wildman–Crippen MR) is 99.3 cm³/mol. The van der Waals surface area contributed by atoms with Crippen LogP contribution in [0.4, 0.5) is 17.6 Å². The first-order valence-corrected chi connectivity index (χ1v) is 9.14. The second-order valence-electron chi connectivity index (χ2n) is 5.05. The molecule has 0 saturated carbocycles. The largest absolute Gasteiger partial charge is 0.416 e. The van der Waals surface area contributed by atoms with Crippen LogP contribution in [0.1, 0.15) is 18.1 Å². The third-order valence-corrected chi connectivity index (χ3v) is 3.84. The van der Waals surface area contributed by atoms with Gasteiger partial charge in [0.15, 0.2) is 5.96 Å². The Bertz CT molecular complexity index is 694. The van der Waals surface area contributed by atoms with Crippen LogP contribution < -0.4 is 10.6 Å². The summed E-state index contributed by atoms with van der Waals surface area (Å²) in [4.78, 5) is 3.98. The molecule has 0 bridgehead atoms. The first kappa shape index (κ1) is 23.9. The minimum atomic E-state index is -4.69. The second-order valence-corrected chi connectivity index (χ2v) is 7.31. The van der Waals surface area contributed by atoms with Crippen LogP contribution in [0.5, 0.6) is 0 Å². The first-order chi connectivity index (χ1) is 11.0. The molecule has 0 aliphatic heterocycles. The maximum Gasteiger partial charge on any atom is 0.416 e. The van der Waals surface area contributed by atoms with E-state index >= 15 is 0 Å². The van der Waals surface area contributed by atoms with Gasteiger partial charge in [-0.25, -0.2) is 17.8 Å². The third kappa shape index (κ3) is 9.23. The van der Waals surface area contributed by atoms with Crippen molar-refractivity contribution < 1.29 is 26.0 Å². The van der Waals surface area contributed by atoms with Crippen LogP contribution in [0.25, 0.3) is 0 Å². The molecule has 11 heteroatoms. The highest BCUT2D eigenvalue weighted by atomic mass is 127. The SMILES string of the molecule is CCNC(=NCc1ccc(F)cc1C(F)(F)F)NCCS(C)(=O)=O.I. The number of aliphatic imine (C=N–C) groups is 1. The Hall–Kier alpha value is -1.11. The van der Waals surface area contributed by atoms with Crippen molar-refractivity contribution in [1.82, 2.24) is 10.6 Å². The Morgan fingerprint density at radius 1 is 1.24 bits per heavy atom. The molecule has 25 heavy (non-hydrogen) atoms. The summed E-state index contributed by atoms with van der Waals surface area (Å²) in [6, 6.07) is 2.39. The summed E-state index contributed by atoms with van der Waals surface area (Å²) in [6.45, 7) is 1.94. The van der Waals surface area contributed by atoms with Crippen molar-refractivity contribution in [1.29, 1.82) is 0 Å². The highest BCUT2D eigenvalue weighted by molar-refractivity contribution is 14.0. The van der Waals surface area contributed by atoms with Gasteiger partial charge in [-0.05, 0) is 24.6 Å². The molecule has 0 radical (unpaired) electrons. The van der Waals surface area contributed by atoms with Crippen LogP contribution in [-0.4, -0.2) is 39.5 Å². The summed E-state index contributed by atoms with van der Waals surface area (Å²) >= 11 is 0. The van der Waals surface area contributed by atoms with Crippen molar-refractivity contribution in [3.63, 3.8) is 0 Å². The Kier molecular flexibility index (Phi) is 9.69. The van der Waals surface area contributed by atoms with E-state index in [1.807, 2.05) is 0 Å². The summed E-state index contributed by atoms with van der Waals surface area (Å²) in [6.07, 6.45) is -3.61. The highest BCUT2D eigenvalue weighted by Gasteiger charge is 2.33. The fourth-order valence-electron chi connectivity index (χ4n) is 1.81. The van der Waals surface area contributed by atoms with Gasteiger partial charge in [-0.15, -0.1) is 24.0 Å². The number of sulfone groups is 1. The first-order valence-electron chi connectivity index (χ1n) is 7.08. The molecule has 144 valence electrons. The van der Waals surface area contributed by atoms with Gasteiger partial charge in [-0.2, -0.15) is 13.2 Å². The molecule has 0 saturated heterocycles. The molecule has 0 amide bonds.